The molecule has 136 valence electrons. The molecule has 4 nitrogen and oxygen atoms in total. The van der Waals surface area contributed by atoms with Crippen molar-refractivity contribution >= 4 is 5.91 Å². The number of nitrogens with two attached hydrogens (primary N) is 1. The summed E-state index contributed by atoms with van der Waals surface area (Å²) < 4.78 is 5.62. The molecule has 2 N–H and O–H groups in total. The molecule has 1 aromatic carbocycles. The van der Waals surface area contributed by atoms with E-state index in [1.165, 1.54) is 24.0 Å². The minimum absolute atomic E-state index is 0.127. The first-order valence-corrected chi connectivity index (χ1v) is 10.0. The largest absolute Gasteiger partial charge is 0.493 e. The lowest BCUT2D eigenvalue weighted by molar-refractivity contribution is -0.139. The van der Waals surface area contributed by atoms with Crippen LogP contribution in [0.15, 0.2) is 18.2 Å². The number of carbonyl (C=O) groups excluding carboxylic acids is 1. The maximum Gasteiger partial charge on any atom is 0.226 e. The van der Waals surface area contributed by atoms with Gasteiger partial charge < -0.3 is 15.4 Å². The highest BCUT2D eigenvalue weighted by Gasteiger charge is 2.33. The maximum absolute atomic E-state index is 13.3. The van der Waals surface area contributed by atoms with Crippen LogP contribution in [0.1, 0.15) is 62.5 Å². The number of amides is 1. The van der Waals surface area contributed by atoms with Crippen molar-refractivity contribution < 1.29 is 9.53 Å². The topological polar surface area (TPSA) is 55.6 Å². The van der Waals surface area contributed by atoms with Crippen molar-refractivity contribution in [1.82, 2.24) is 4.90 Å². The third kappa shape index (κ3) is 3.69. The molecule has 2 atom stereocenters. The first kappa shape index (κ1) is 16.9. The van der Waals surface area contributed by atoms with Crippen LogP contribution < -0.4 is 10.5 Å². The molecule has 3 aliphatic rings. The third-order valence-electron chi connectivity index (χ3n) is 6.22. The van der Waals surface area contributed by atoms with Crippen LogP contribution in [-0.4, -0.2) is 29.5 Å². The molecule has 1 aromatic rings. The lowest BCUT2D eigenvalue weighted by Crippen LogP contribution is -2.44. The second kappa shape index (κ2) is 7.36. The molecule has 4 heteroatoms. The van der Waals surface area contributed by atoms with E-state index in [2.05, 4.69) is 23.1 Å². The predicted octanol–water partition coefficient (Wildman–Crippen LogP) is 3.41. The van der Waals surface area contributed by atoms with E-state index in [0.717, 1.165) is 63.8 Å². The number of hydrogen-bond donors (Lipinski definition) is 1. The number of carbonyl (C=O) groups is 1. The third-order valence-corrected chi connectivity index (χ3v) is 6.22. The number of rotatable bonds is 4. The van der Waals surface area contributed by atoms with Crippen LogP contribution in [0.5, 0.6) is 5.75 Å². The first-order chi connectivity index (χ1) is 12.2. The fourth-order valence-corrected chi connectivity index (χ4v) is 4.82. The van der Waals surface area contributed by atoms with Gasteiger partial charge in [0.25, 0.3) is 0 Å². The molecule has 1 aliphatic heterocycles. The molecule has 2 saturated carbocycles. The van der Waals surface area contributed by atoms with E-state index >= 15 is 0 Å². The van der Waals surface area contributed by atoms with Crippen molar-refractivity contribution in [3.05, 3.63) is 29.3 Å². The van der Waals surface area contributed by atoms with E-state index in [-0.39, 0.29) is 12.0 Å². The Balaban J connectivity index is 1.52. The van der Waals surface area contributed by atoms with Gasteiger partial charge in [0.05, 0.1) is 6.61 Å². The number of nitrogens with zero attached hydrogens (tertiary/aromatic N) is 1. The van der Waals surface area contributed by atoms with Crippen molar-refractivity contribution in [2.24, 2.45) is 11.7 Å². The second-order valence-electron chi connectivity index (χ2n) is 8.07. The molecule has 4 rings (SSSR count). The standard InChI is InChI=1S/C21H30N2O2/c22-18-5-3-4-17(13-18)21(24)23(19-6-1-2-7-19)14-15-8-9-20-16(12-15)10-11-25-20/h8-9,12,17-19H,1-7,10-11,13-14,22H2. The van der Waals surface area contributed by atoms with Gasteiger partial charge in [0.1, 0.15) is 5.75 Å². The van der Waals surface area contributed by atoms with E-state index < -0.39 is 0 Å². The highest BCUT2D eigenvalue weighted by atomic mass is 16.5. The van der Waals surface area contributed by atoms with Crippen LogP contribution in [0.4, 0.5) is 0 Å². The van der Waals surface area contributed by atoms with E-state index in [4.69, 9.17) is 10.5 Å². The normalized spacial score (nSPS) is 26.3. The second-order valence-corrected chi connectivity index (χ2v) is 8.07. The molecule has 1 amide bonds. The van der Waals surface area contributed by atoms with Crippen LogP contribution >= 0.6 is 0 Å². The number of fused-ring (bicyclic) bond motifs is 1. The van der Waals surface area contributed by atoms with Gasteiger partial charge in [-0.05, 0) is 49.3 Å². The summed E-state index contributed by atoms with van der Waals surface area (Å²) in [5.41, 5.74) is 8.67. The summed E-state index contributed by atoms with van der Waals surface area (Å²) in [7, 11) is 0. The van der Waals surface area contributed by atoms with Crippen LogP contribution in [0.3, 0.4) is 0 Å². The van der Waals surface area contributed by atoms with Crippen molar-refractivity contribution in [3.8, 4) is 5.75 Å². The molecule has 0 spiro atoms. The minimum atomic E-state index is 0.127. The van der Waals surface area contributed by atoms with Gasteiger partial charge in [-0.25, -0.2) is 0 Å². The van der Waals surface area contributed by atoms with Gasteiger partial charge in [-0.1, -0.05) is 31.4 Å². The SMILES string of the molecule is NC1CCCC(C(=O)N(Cc2ccc3c(c2)CCO3)C2CCCC2)C1. The fourth-order valence-electron chi connectivity index (χ4n) is 4.82. The Hall–Kier alpha value is -1.55. The van der Waals surface area contributed by atoms with Gasteiger partial charge in [-0.3, -0.25) is 4.79 Å². The van der Waals surface area contributed by atoms with Gasteiger partial charge >= 0.3 is 0 Å². The van der Waals surface area contributed by atoms with Crippen molar-refractivity contribution in [2.75, 3.05) is 6.61 Å². The summed E-state index contributed by atoms with van der Waals surface area (Å²) in [6, 6.07) is 7.06. The zero-order valence-corrected chi connectivity index (χ0v) is 15.1. The Bertz CT molecular complexity index is 624. The van der Waals surface area contributed by atoms with Crippen LogP contribution in [0.2, 0.25) is 0 Å². The summed E-state index contributed by atoms with van der Waals surface area (Å²) in [5, 5.41) is 0. The van der Waals surface area contributed by atoms with E-state index in [1.54, 1.807) is 0 Å². The molecular weight excluding hydrogens is 312 g/mol. The minimum Gasteiger partial charge on any atom is -0.493 e. The quantitative estimate of drug-likeness (QED) is 0.912. The van der Waals surface area contributed by atoms with Gasteiger partial charge in [0.15, 0.2) is 0 Å². The zero-order chi connectivity index (χ0) is 17.2. The van der Waals surface area contributed by atoms with E-state index in [0.29, 0.717) is 11.9 Å². The molecule has 2 fully saturated rings. The fraction of sp³-hybridized carbons (Fsp3) is 0.667. The Labute approximate surface area is 150 Å². The average Bonchev–Trinajstić information content (AvgIpc) is 3.30. The van der Waals surface area contributed by atoms with E-state index in [1.807, 2.05) is 0 Å². The van der Waals surface area contributed by atoms with Crippen LogP contribution in [0, 0.1) is 5.92 Å². The maximum atomic E-state index is 13.3. The van der Waals surface area contributed by atoms with Gasteiger partial charge in [0, 0.05) is 31.0 Å². The summed E-state index contributed by atoms with van der Waals surface area (Å²) in [4.78, 5) is 15.5. The number of ether oxygens (including phenoxy) is 1. The number of benzene rings is 1. The molecular formula is C21H30N2O2. The Morgan fingerprint density at radius 1 is 1.16 bits per heavy atom. The van der Waals surface area contributed by atoms with Crippen LogP contribution in [-0.2, 0) is 17.8 Å². The van der Waals surface area contributed by atoms with Crippen molar-refractivity contribution in [3.63, 3.8) is 0 Å². The summed E-state index contributed by atoms with van der Waals surface area (Å²) >= 11 is 0. The monoisotopic (exact) mass is 342 g/mol. The number of hydrogen-bond acceptors (Lipinski definition) is 3. The van der Waals surface area contributed by atoms with Gasteiger partial charge in [-0.15, -0.1) is 0 Å². The summed E-state index contributed by atoms with van der Waals surface area (Å²) in [5.74, 6) is 1.49. The van der Waals surface area contributed by atoms with Gasteiger partial charge in [-0.2, -0.15) is 0 Å². The highest BCUT2D eigenvalue weighted by Crippen LogP contribution is 2.32. The smallest absolute Gasteiger partial charge is 0.226 e. The van der Waals surface area contributed by atoms with E-state index in [9.17, 15) is 4.79 Å². The molecule has 2 unspecified atom stereocenters. The van der Waals surface area contributed by atoms with Crippen molar-refractivity contribution in [1.29, 1.82) is 0 Å². The molecule has 1 heterocycles. The Morgan fingerprint density at radius 3 is 2.80 bits per heavy atom. The molecule has 0 bridgehead atoms. The summed E-state index contributed by atoms with van der Waals surface area (Å²) in [6.45, 7) is 1.52. The average molecular weight is 342 g/mol. The molecule has 0 radical (unpaired) electrons. The lowest BCUT2D eigenvalue weighted by atomic mass is 9.85. The first-order valence-electron chi connectivity index (χ1n) is 10.0. The zero-order valence-electron chi connectivity index (χ0n) is 15.1. The van der Waals surface area contributed by atoms with Crippen molar-refractivity contribution in [2.45, 2.75) is 76.4 Å². The predicted molar refractivity (Wildman–Crippen MR) is 98.4 cm³/mol. The summed E-state index contributed by atoms with van der Waals surface area (Å²) in [6.07, 6.45) is 9.81. The Kier molecular flexibility index (Phi) is 4.98. The Morgan fingerprint density at radius 2 is 2.00 bits per heavy atom. The molecule has 2 aliphatic carbocycles. The molecule has 25 heavy (non-hydrogen) atoms. The highest BCUT2D eigenvalue weighted by molar-refractivity contribution is 5.79. The molecule has 0 saturated heterocycles. The van der Waals surface area contributed by atoms with Gasteiger partial charge in [0.2, 0.25) is 5.91 Å². The lowest BCUT2D eigenvalue weighted by Gasteiger charge is -2.35. The van der Waals surface area contributed by atoms with Crippen LogP contribution in [0.25, 0.3) is 0 Å². The molecule has 0 aromatic heterocycles.